The second-order valence-corrected chi connectivity index (χ2v) is 3.22. The van der Waals surface area contributed by atoms with Gasteiger partial charge in [0.15, 0.2) is 17.3 Å². The Morgan fingerprint density at radius 3 is 2.62 bits per heavy atom. The van der Waals surface area contributed by atoms with Crippen LogP contribution in [0, 0.1) is 5.82 Å². The summed E-state index contributed by atoms with van der Waals surface area (Å²) in [6, 6.07) is 2.80. The standard InChI is InChI=1S/C11H14FNO3/c1-15-6-7-3-8(10(14)5-13)11(16-2)9(12)4-7/h3-4H,5-6,13H2,1-2H3. The third kappa shape index (κ3) is 2.56. The van der Waals surface area contributed by atoms with Crippen molar-refractivity contribution in [2.45, 2.75) is 6.61 Å². The van der Waals surface area contributed by atoms with Gasteiger partial charge in [0.05, 0.1) is 25.8 Å². The van der Waals surface area contributed by atoms with E-state index < -0.39 is 5.82 Å². The molecule has 0 spiro atoms. The molecule has 0 aromatic heterocycles. The summed E-state index contributed by atoms with van der Waals surface area (Å²) in [6.07, 6.45) is 0. The Bertz CT molecular complexity index is 393. The summed E-state index contributed by atoms with van der Waals surface area (Å²) < 4.78 is 23.3. The van der Waals surface area contributed by atoms with Gasteiger partial charge in [0, 0.05) is 7.11 Å². The minimum atomic E-state index is -0.589. The van der Waals surface area contributed by atoms with Crippen LogP contribution in [0.3, 0.4) is 0 Å². The van der Waals surface area contributed by atoms with E-state index in [0.717, 1.165) is 0 Å². The fraction of sp³-hybridized carbons (Fsp3) is 0.364. The molecule has 1 aromatic carbocycles. The average molecular weight is 227 g/mol. The van der Waals surface area contributed by atoms with E-state index in [1.807, 2.05) is 0 Å². The first-order valence-corrected chi connectivity index (χ1v) is 4.72. The summed E-state index contributed by atoms with van der Waals surface area (Å²) in [5, 5.41) is 0. The molecule has 1 rings (SSSR count). The molecule has 0 aliphatic rings. The molecular formula is C11H14FNO3. The number of ketones is 1. The fourth-order valence-electron chi connectivity index (χ4n) is 1.42. The molecule has 0 radical (unpaired) electrons. The highest BCUT2D eigenvalue weighted by molar-refractivity contribution is 6.00. The van der Waals surface area contributed by atoms with Gasteiger partial charge in [-0.1, -0.05) is 0 Å². The quantitative estimate of drug-likeness (QED) is 0.766. The molecule has 0 saturated heterocycles. The largest absolute Gasteiger partial charge is 0.493 e. The molecule has 4 nitrogen and oxygen atoms in total. The number of methoxy groups -OCH3 is 2. The number of hydrogen-bond acceptors (Lipinski definition) is 4. The Hall–Kier alpha value is -1.46. The Morgan fingerprint density at radius 1 is 1.44 bits per heavy atom. The Kier molecular flexibility index (Phi) is 4.39. The van der Waals surface area contributed by atoms with Crippen LogP contribution in [0.4, 0.5) is 4.39 Å². The van der Waals surface area contributed by atoms with Crippen molar-refractivity contribution >= 4 is 5.78 Å². The first kappa shape index (κ1) is 12.6. The number of hydrogen-bond donors (Lipinski definition) is 1. The molecule has 2 N–H and O–H groups in total. The fourth-order valence-corrected chi connectivity index (χ4v) is 1.42. The molecule has 0 fully saturated rings. The molecule has 0 amide bonds. The van der Waals surface area contributed by atoms with Crippen molar-refractivity contribution in [3.05, 3.63) is 29.1 Å². The van der Waals surface area contributed by atoms with E-state index >= 15 is 0 Å². The molecule has 0 unspecified atom stereocenters. The zero-order valence-electron chi connectivity index (χ0n) is 9.25. The third-order valence-corrected chi connectivity index (χ3v) is 2.10. The number of Topliss-reactive ketones (excluding diaryl/α,β-unsaturated/α-hetero) is 1. The van der Waals surface area contributed by atoms with Gasteiger partial charge in [-0.05, 0) is 17.7 Å². The normalized spacial score (nSPS) is 10.2. The lowest BCUT2D eigenvalue weighted by molar-refractivity contribution is 0.0997. The van der Waals surface area contributed by atoms with E-state index in [1.165, 1.54) is 26.4 Å². The van der Waals surface area contributed by atoms with Gasteiger partial charge in [0.2, 0.25) is 0 Å². The van der Waals surface area contributed by atoms with Crippen molar-refractivity contribution in [2.75, 3.05) is 20.8 Å². The van der Waals surface area contributed by atoms with E-state index in [9.17, 15) is 9.18 Å². The van der Waals surface area contributed by atoms with Crippen LogP contribution in [-0.4, -0.2) is 26.5 Å². The number of rotatable bonds is 5. The number of ether oxygens (including phenoxy) is 2. The summed E-state index contributed by atoms with van der Waals surface area (Å²) in [7, 11) is 2.80. The van der Waals surface area contributed by atoms with E-state index in [2.05, 4.69) is 0 Å². The summed E-state index contributed by atoms with van der Waals surface area (Å²) in [6.45, 7) is 0.0397. The summed E-state index contributed by atoms with van der Waals surface area (Å²) in [4.78, 5) is 11.5. The molecule has 0 bridgehead atoms. The number of halogens is 1. The number of nitrogens with two attached hydrogens (primary N) is 1. The highest BCUT2D eigenvalue weighted by Crippen LogP contribution is 2.25. The van der Waals surface area contributed by atoms with Crippen LogP contribution in [0.25, 0.3) is 0 Å². The average Bonchev–Trinajstić information content (AvgIpc) is 2.27. The third-order valence-electron chi connectivity index (χ3n) is 2.10. The Balaban J connectivity index is 3.24. The lowest BCUT2D eigenvalue weighted by Gasteiger charge is -2.10. The molecule has 16 heavy (non-hydrogen) atoms. The number of benzene rings is 1. The van der Waals surface area contributed by atoms with Crippen molar-refractivity contribution in [3.63, 3.8) is 0 Å². The van der Waals surface area contributed by atoms with Crippen LogP contribution >= 0.6 is 0 Å². The summed E-state index contributed by atoms with van der Waals surface area (Å²) in [5.74, 6) is -1.03. The van der Waals surface area contributed by atoms with Crippen LogP contribution in [0.15, 0.2) is 12.1 Å². The lowest BCUT2D eigenvalue weighted by atomic mass is 10.1. The zero-order valence-corrected chi connectivity index (χ0v) is 9.25. The molecule has 88 valence electrons. The van der Waals surface area contributed by atoms with Gasteiger partial charge < -0.3 is 15.2 Å². The highest BCUT2D eigenvalue weighted by atomic mass is 19.1. The molecule has 0 atom stereocenters. The molecule has 0 aliphatic heterocycles. The van der Waals surface area contributed by atoms with E-state index in [4.69, 9.17) is 15.2 Å². The molecule has 0 aliphatic carbocycles. The first-order chi connectivity index (χ1) is 7.63. The van der Waals surface area contributed by atoms with Crippen molar-refractivity contribution < 1.29 is 18.7 Å². The first-order valence-electron chi connectivity index (χ1n) is 4.72. The predicted octanol–water partition coefficient (Wildman–Crippen LogP) is 1.12. The molecular weight excluding hydrogens is 213 g/mol. The molecule has 1 aromatic rings. The number of carbonyl (C=O) groups excluding carboxylic acids is 1. The summed E-state index contributed by atoms with van der Waals surface area (Å²) >= 11 is 0. The maximum atomic E-state index is 13.6. The zero-order chi connectivity index (χ0) is 12.1. The minimum absolute atomic E-state index is 0.0738. The monoisotopic (exact) mass is 227 g/mol. The van der Waals surface area contributed by atoms with Crippen LogP contribution in [0.5, 0.6) is 5.75 Å². The maximum absolute atomic E-state index is 13.6. The van der Waals surface area contributed by atoms with Crippen molar-refractivity contribution in [3.8, 4) is 5.75 Å². The van der Waals surface area contributed by atoms with Gasteiger partial charge in [-0.3, -0.25) is 4.79 Å². The molecule has 0 heterocycles. The topological polar surface area (TPSA) is 61.5 Å². The van der Waals surface area contributed by atoms with Gasteiger partial charge in [0.25, 0.3) is 0 Å². The highest BCUT2D eigenvalue weighted by Gasteiger charge is 2.16. The Labute approximate surface area is 93.2 Å². The number of carbonyl (C=O) groups is 1. The van der Waals surface area contributed by atoms with Gasteiger partial charge in [-0.15, -0.1) is 0 Å². The van der Waals surface area contributed by atoms with E-state index in [0.29, 0.717) is 5.56 Å². The van der Waals surface area contributed by atoms with Gasteiger partial charge in [0.1, 0.15) is 0 Å². The van der Waals surface area contributed by atoms with Gasteiger partial charge in [-0.2, -0.15) is 0 Å². The second-order valence-electron chi connectivity index (χ2n) is 3.22. The van der Waals surface area contributed by atoms with Crippen LogP contribution in [-0.2, 0) is 11.3 Å². The molecule has 0 saturated carbocycles. The van der Waals surface area contributed by atoms with Crippen LogP contribution < -0.4 is 10.5 Å². The van der Waals surface area contributed by atoms with E-state index in [-0.39, 0.29) is 30.2 Å². The van der Waals surface area contributed by atoms with Crippen molar-refractivity contribution in [1.29, 1.82) is 0 Å². The van der Waals surface area contributed by atoms with Gasteiger partial charge in [-0.25, -0.2) is 4.39 Å². The summed E-state index contributed by atoms with van der Waals surface area (Å²) in [5.41, 5.74) is 5.96. The van der Waals surface area contributed by atoms with Crippen molar-refractivity contribution in [1.82, 2.24) is 0 Å². The lowest BCUT2D eigenvalue weighted by Crippen LogP contribution is -2.15. The predicted molar refractivity (Wildman–Crippen MR) is 57.0 cm³/mol. The van der Waals surface area contributed by atoms with E-state index in [1.54, 1.807) is 0 Å². The smallest absolute Gasteiger partial charge is 0.180 e. The SMILES string of the molecule is COCc1cc(F)c(OC)c(C(=O)CN)c1. The van der Waals surface area contributed by atoms with Gasteiger partial charge >= 0.3 is 0 Å². The van der Waals surface area contributed by atoms with Crippen molar-refractivity contribution in [2.24, 2.45) is 5.73 Å². The van der Waals surface area contributed by atoms with Crippen LogP contribution in [0.2, 0.25) is 0 Å². The Morgan fingerprint density at radius 2 is 2.12 bits per heavy atom. The maximum Gasteiger partial charge on any atom is 0.180 e. The second kappa shape index (κ2) is 5.58. The molecule has 5 heteroatoms. The minimum Gasteiger partial charge on any atom is -0.493 e. The van der Waals surface area contributed by atoms with Crippen LogP contribution in [0.1, 0.15) is 15.9 Å².